The van der Waals surface area contributed by atoms with E-state index in [-0.39, 0.29) is 11.4 Å². The van der Waals surface area contributed by atoms with Gasteiger partial charge in [0.2, 0.25) is 5.91 Å². The second-order valence-electron chi connectivity index (χ2n) is 5.69. The van der Waals surface area contributed by atoms with Crippen LogP contribution in [0.25, 0.3) is 0 Å². The van der Waals surface area contributed by atoms with Gasteiger partial charge in [-0.05, 0) is 30.5 Å². The first-order valence-corrected chi connectivity index (χ1v) is 7.16. The highest BCUT2D eigenvalue weighted by Crippen LogP contribution is 2.28. The van der Waals surface area contributed by atoms with Gasteiger partial charge < -0.3 is 11.1 Å². The van der Waals surface area contributed by atoms with Crippen molar-refractivity contribution >= 4 is 5.91 Å². The molecule has 3 N–H and O–H groups in total. The third-order valence-electron chi connectivity index (χ3n) is 3.93. The van der Waals surface area contributed by atoms with Crippen molar-refractivity contribution < 1.29 is 4.79 Å². The molecule has 0 aliphatic heterocycles. The lowest BCUT2D eigenvalue weighted by Gasteiger charge is -2.32. The average molecular weight is 271 g/mol. The van der Waals surface area contributed by atoms with Crippen LogP contribution in [0.3, 0.4) is 0 Å². The number of nitrogens with zero attached hydrogens (tertiary/aromatic N) is 1. The molecule has 1 aromatic carbocycles. The van der Waals surface area contributed by atoms with Crippen molar-refractivity contribution in [2.24, 2.45) is 5.73 Å². The molecule has 0 spiro atoms. The second-order valence-corrected chi connectivity index (χ2v) is 5.69. The largest absolute Gasteiger partial charge is 0.352 e. The Morgan fingerprint density at radius 3 is 2.50 bits per heavy atom. The summed E-state index contributed by atoms with van der Waals surface area (Å²) in [6, 6.07) is 9.31. The first kappa shape index (κ1) is 14.5. The molecular weight excluding hydrogens is 250 g/mol. The molecule has 1 aromatic rings. The first-order chi connectivity index (χ1) is 9.61. The molecule has 1 aliphatic rings. The van der Waals surface area contributed by atoms with Crippen LogP contribution in [0, 0.1) is 11.3 Å². The van der Waals surface area contributed by atoms with Gasteiger partial charge in [-0.3, -0.25) is 4.79 Å². The first-order valence-electron chi connectivity index (χ1n) is 7.16. The summed E-state index contributed by atoms with van der Waals surface area (Å²) in [6.07, 6.45) is 5.77. The van der Waals surface area contributed by atoms with Gasteiger partial charge in [0.15, 0.2) is 0 Å². The number of hydrogen-bond acceptors (Lipinski definition) is 3. The minimum Gasteiger partial charge on any atom is -0.352 e. The van der Waals surface area contributed by atoms with Crippen molar-refractivity contribution in [3.8, 4) is 6.07 Å². The van der Waals surface area contributed by atoms with E-state index in [4.69, 9.17) is 11.0 Å². The Bertz CT molecular complexity index is 495. The van der Waals surface area contributed by atoms with E-state index in [2.05, 4.69) is 11.4 Å². The molecule has 0 heterocycles. The normalized spacial score (nSPS) is 17.2. The van der Waals surface area contributed by atoms with Crippen molar-refractivity contribution in [2.75, 3.05) is 0 Å². The smallest absolute Gasteiger partial charge is 0.222 e. The fourth-order valence-electron chi connectivity index (χ4n) is 2.71. The Kier molecular flexibility index (Phi) is 4.75. The monoisotopic (exact) mass is 271 g/mol. The molecule has 1 fully saturated rings. The molecule has 0 unspecified atom stereocenters. The molecule has 0 radical (unpaired) electrons. The molecule has 0 saturated heterocycles. The minimum atomic E-state index is -0.313. The van der Waals surface area contributed by atoms with Gasteiger partial charge in [-0.2, -0.15) is 5.26 Å². The van der Waals surface area contributed by atoms with E-state index in [1.165, 1.54) is 6.42 Å². The number of rotatable bonds is 4. The third kappa shape index (κ3) is 4.07. The van der Waals surface area contributed by atoms with Crippen LogP contribution in [0.15, 0.2) is 24.3 Å². The van der Waals surface area contributed by atoms with Gasteiger partial charge in [-0.25, -0.2) is 0 Å². The molecule has 20 heavy (non-hydrogen) atoms. The summed E-state index contributed by atoms with van der Waals surface area (Å²) >= 11 is 0. The zero-order valence-corrected chi connectivity index (χ0v) is 11.7. The van der Waals surface area contributed by atoms with Crippen LogP contribution in [0.5, 0.6) is 0 Å². The van der Waals surface area contributed by atoms with E-state index in [1.807, 2.05) is 12.1 Å². The molecule has 4 nitrogen and oxygen atoms in total. The van der Waals surface area contributed by atoms with Crippen LogP contribution in [0.2, 0.25) is 0 Å². The second kappa shape index (κ2) is 6.53. The van der Waals surface area contributed by atoms with Crippen LogP contribution >= 0.6 is 0 Å². The maximum absolute atomic E-state index is 12.0. The van der Waals surface area contributed by atoms with Gasteiger partial charge >= 0.3 is 0 Å². The average Bonchev–Trinajstić information content (AvgIpc) is 2.46. The lowest BCUT2D eigenvalue weighted by molar-refractivity contribution is -0.122. The number of carbonyl (C=O) groups is 1. The van der Waals surface area contributed by atoms with Crippen molar-refractivity contribution in [3.05, 3.63) is 35.4 Å². The number of nitrogens with two attached hydrogens (primary N) is 1. The summed E-state index contributed by atoms with van der Waals surface area (Å²) in [5.41, 5.74) is 7.58. The van der Waals surface area contributed by atoms with E-state index >= 15 is 0 Å². The Labute approximate surface area is 120 Å². The van der Waals surface area contributed by atoms with E-state index in [9.17, 15) is 4.79 Å². The number of nitriles is 1. The highest BCUT2D eigenvalue weighted by atomic mass is 16.1. The molecule has 0 aromatic heterocycles. The molecular formula is C16H21N3O. The van der Waals surface area contributed by atoms with Gasteiger partial charge in [-0.1, -0.05) is 31.4 Å². The zero-order chi connectivity index (χ0) is 14.4. The van der Waals surface area contributed by atoms with Gasteiger partial charge in [0, 0.05) is 18.5 Å². The lowest BCUT2D eigenvalue weighted by atomic mass is 9.80. The van der Waals surface area contributed by atoms with Crippen molar-refractivity contribution in [3.63, 3.8) is 0 Å². The molecule has 4 heteroatoms. The predicted octanol–water partition coefficient (Wildman–Crippen LogP) is 2.23. The Morgan fingerprint density at radius 1 is 1.25 bits per heavy atom. The van der Waals surface area contributed by atoms with Crippen LogP contribution in [0.1, 0.15) is 49.7 Å². The third-order valence-corrected chi connectivity index (χ3v) is 3.93. The van der Waals surface area contributed by atoms with Crippen molar-refractivity contribution in [1.82, 2.24) is 5.32 Å². The highest BCUT2D eigenvalue weighted by molar-refractivity contribution is 5.77. The van der Waals surface area contributed by atoms with Crippen LogP contribution in [-0.2, 0) is 11.3 Å². The summed E-state index contributed by atoms with van der Waals surface area (Å²) in [7, 11) is 0. The number of amides is 1. The van der Waals surface area contributed by atoms with Crippen molar-refractivity contribution in [2.45, 2.75) is 50.6 Å². The SMILES string of the molecule is N#Cc1ccc(CNC(=O)CC2(N)CCCCC2)cc1. The molecule has 1 aliphatic carbocycles. The van der Waals surface area contributed by atoms with E-state index in [1.54, 1.807) is 12.1 Å². The summed E-state index contributed by atoms with van der Waals surface area (Å²) in [5, 5.41) is 11.6. The Balaban J connectivity index is 1.81. The lowest BCUT2D eigenvalue weighted by Crippen LogP contribution is -2.45. The van der Waals surface area contributed by atoms with Gasteiger partial charge in [-0.15, -0.1) is 0 Å². The quantitative estimate of drug-likeness (QED) is 0.881. The number of carbonyl (C=O) groups excluding carboxylic acids is 1. The fourth-order valence-corrected chi connectivity index (χ4v) is 2.71. The summed E-state index contributed by atoms with van der Waals surface area (Å²) in [4.78, 5) is 12.0. The molecule has 0 atom stereocenters. The number of nitrogens with one attached hydrogen (secondary N) is 1. The molecule has 1 saturated carbocycles. The van der Waals surface area contributed by atoms with Crippen LogP contribution < -0.4 is 11.1 Å². The van der Waals surface area contributed by atoms with Gasteiger partial charge in [0.25, 0.3) is 0 Å². The number of benzene rings is 1. The molecule has 1 amide bonds. The van der Waals surface area contributed by atoms with E-state index < -0.39 is 0 Å². The van der Waals surface area contributed by atoms with Gasteiger partial charge in [0.1, 0.15) is 0 Å². The minimum absolute atomic E-state index is 0.0127. The van der Waals surface area contributed by atoms with Crippen molar-refractivity contribution in [1.29, 1.82) is 5.26 Å². The zero-order valence-electron chi connectivity index (χ0n) is 11.7. The number of hydrogen-bond donors (Lipinski definition) is 2. The van der Waals surface area contributed by atoms with E-state index in [0.29, 0.717) is 18.5 Å². The van der Waals surface area contributed by atoms with E-state index in [0.717, 1.165) is 31.2 Å². The maximum Gasteiger partial charge on any atom is 0.222 e. The molecule has 0 bridgehead atoms. The maximum atomic E-state index is 12.0. The predicted molar refractivity (Wildman–Crippen MR) is 77.6 cm³/mol. The molecule has 106 valence electrons. The fraction of sp³-hybridized carbons (Fsp3) is 0.500. The van der Waals surface area contributed by atoms with Crippen LogP contribution in [-0.4, -0.2) is 11.4 Å². The topological polar surface area (TPSA) is 78.9 Å². The molecule has 2 rings (SSSR count). The van der Waals surface area contributed by atoms with Gasteiger partial charge in [0.05, 0.1) is 11.6 Å². The Hall–Kier alpha value is -1.86. The standard InChI is InChI=1S/C16H21N3O/c17-11-13-4-6-14(7-5-13)12-19-15(20)10-16(18)8-2-1-3-9-16/h4-7H,1-3,8-10,12,18H2,(H,19,20). The Morgan fingerprint density at radius 2 is 1.90 bits per heavy atom. The van der Waals surface area contributed by atoms with Crippen LogP contribution in [0.4, 0.5) is 0 Å². The highest BCUT2D eigenvalue weighted by Gasteiger charge is 2.29. The summed E-state index contributed by atoms with van der Waals surface area (Å²) < 4.78 is 0. The summed E-state index contributed by atoms with van der Waals surface area (Å²) in [6.45, 7) is 0.487. The summed E-state index contributed by atoms with van der Waals surface area (Å²) in [5.74, 6) is 0.0127.